The summed E-state index contributed by atoms with van der Waals surface area (Å²) in [5.41, 5.74) is 6.09. The first-order valence-corrected chi connectivity index (χ1v) is 3.14. The second-order valence-electron chi connectivity index (χ2n) is 2.05. The molecule has 0 aliphatic heterocycles. The van der Waals surface area contributed by atoms with Gasteiger partial charge in [0.05, 0.1) is 5.69 Å². The molecule has 62 valence electrons. The topological polar surface area (TPSA) is 73.2 Å². The molecule has 0 bridgehead atoms. The van der Waals surface area contributed by atoms with Gasteiger partial charge in [0.25, 0.3) is 0 Å². The molecule has 0 aliphatic carbocycles. The van der Waals surface area contributed by atoms with Gasteiger partial charge >= 0.3 is 0 Å². The second-order valence-corrected chi connectivity index (χ2v) is 2.05. The van der Waals surface area contributed by atoms with Crippen LogP contribution in [-0.2, 0) is 9.47 Å². The molecule has 11 heavy (non-hydrogen) atoms. The number of nitrogens with two attached hydrogens (primary N) is 1. The van der Waals surface area contributed by atoms with E-state index in [1.807, 2.05) is 0 Å². The monoisotopic (exact) mass is 157 g/mol. The summed E-state index contributed by atoms with van der Waals surface area (Å²) in [5.74, 6) is 0.430. The standard InChI is InChI=1S/C6H11N3O2/c1-10-6(11-2)4-3-5(7)9-8-4/h3,6H,1-2H3,(H3,7,8,9). The highest BCUT2D eigenvalue weighted by atomic mass is 16.7. The Kier molecular flexibility index (Phi) is 2.45. The largest absolute Gasteiger partial charge is 0.382 e. The first kappa shape index (κ1) is 8.03. The van der Waals surface area contributed by atoms with Gasteiger partial charge in [-0.15, -0.1) is 0 Å². The quantitative estimate of drug-likeness (QED) is 0.618. The number of methoxy groups -OCH3 is 2. The normalized spacial score (nSPS) is 10.8. The highest BCUT2D eigenvalue weighted by Gasteiger charge is 2.10. The van der Waals surface area contributed by atoms with E-state index in [-0.39, 0.29) is 0 Å². The predicted octanol–water partition coefficient (Wildman–Crippen LogP) is 0.283. The third-order valence-corrected chi connectivity index (χ3v) is 1.30. The molecule has 1 heterocycles. The van der Waals surface area contributed by atoms with Gasteiger partial charge < -0.3 is 15.2 Å². The van der Waals surface area contributed by atoms with Gasteiger partial charge in [-0.1, -0.05) is 0 Å². The molecule has 0 atom stereocenters. The summed E-state index contributed by atoms with van der Waals surface area (Å²) in [4.78, 5) is 0. The van der Waals surface area contributed by atoms with Crippen molar-refractivity contribution in [2.75, 3.05) is 20.0 Å². The number of rotatable bonds is 3. The van der Waals surface area contributed by atoms with Crippen molar-refractivity contribution in [3.05, 3.63) is 11.8 Å². The van der Waals surface area contributed by atoms with Crippen molar-refractivity contribution in [1.29, 1.82) is 0 Å². The lowest BCUT2D eigenvalue weighted by Gasteiger charge is -2.09. The van der Waals surface area contributed by atoms with E-state index in [1.165, 1.54) is 0 Å². The van der Waals surface area contributed by atoms with Gasteiger partial charge in [-0.3, -0.25) is 5.10 Å². The molecule has 0 aromatic carbocycles. The summed E-state index contributed by atoms with van der Waals surface area (Å²) < 4.78 is 9.90. The van der Waals surface area contributed by atoms with Gasteiger partial charge in [0.15, 0.2) is 6.29 Å². The molecule has 0 radical (unpaired) electrons. The van der Waals surface area contributed by atoms with Crippen LogP contribution >= 0.6 is 0 Å². The molecule has 0 fully saturated rings. The summed E-state index contributed by atoms with van der Waals surface area (Å²) in [7, 11) is 3.09. The molecular weight excluding hydrogens is 146 g/mol. The third-order valence-electron chi connectivity index (χ3n) is 1.30. The van der Waals surface area contributed by atoms with Crippen LogP contribution in [0.25, 0.3) is 0 Å². The van der Waals surface area contributed by atoms with Gasteiger partial charge in [0, 0.05) is 20.3 Å². The van der Waals surface area contributed by atoms with Gasteiger partial charge in [0.1, 0.15) is 5.82 Å². The molecule has 5 nitrogen and oxygen atoms in total. The van der Waals surface area contributed by atoms with Crippen LogP contribution in [0.3, 0.4) is 0 Å². The van der Waals surface area contributed by atoms with Crippen molar-refractivity contribution in [3.8, 4) is 0 Å². The molecule has 0 aliphatic rings. The molecule has 0 saturated heterocycles. The van der Waals surface area contributed by atoms with E-state index in [1.54, 1.807) is 20.3 Å². The number of anilines is 1. The lowest BCUT2D eigenvalue weighted by atomic mass is 10.4. The fraction of sp³-hybridized carbons (Fsp3) is 0.500. The molecule has 1 rings (SSSR count). The number of H-pyrrole nitrogens is 1. The maximum Gasteiger partial charge on any atom is 0.200 e. The second kappa shape index (κ2) is 3.36. The van der Waals surface area contributed by atoms with Crippen molar-refractivity contribution in [3.63, 3.8) is 0 Å². The number of nitrogen functional groups attached to an aromatic ring is 1. The molecule has 3 N–H and O–H groups in total. The van der Waals surface area contributed by atoms with E-state index in [4.69, 9.17) is 15.2 Å². The third kappa shape index (κ3) is 1.69. The van der Waals surface area contributed by atoms with Crippen molar-refractivity contribution >= 4 is 5.82 Å². The Hall–Kier alpha value is -1.07. The fourth-order valence-corrected chi connectivity index (χ4v) is 0.824. The van der Waals surface area contributed by atoms with E-state index in [9.17, 15) is 0 Å². The molecular formula is C6H11N3O2. The molecule has 0 unspecified atom stereocenters. The number of aromatic amines is 1. The number of nitrogens with zero attached hydrogens (tertiary/aromatic N) is 1. The number of ether oxygens (including phenoxy) is 2. The zero-order chi connectivity index (χ0) is 8.27. The van der Waals surface area contributed by atoms with Crippen LogP contribution in [0.15, 0.2) is 6.07 Å². The Morgan fingerprint density at radius 1 is 1.55 bits per heavy atom. The zero-order valence-electron chi connectivity index (χ0n) is 6.50. The minimum atomic E-state index is -0.417. The Bertz CT molecular complexity index is 219. The van der Waals surface area contributed by atoms with E-state index in [0.717, 1.165) is 0 Å². The lowest BCUT2D eigenvalue weighted by Crippen LogP contribution is -2.03. The lowest BCUT2D eigenvalue weighted by molar-refractivity contribution is -0.108. The minimum Gasteiger partial charge on any atom is -0.382 e. The summed E-state index contributed by atoms with van der Waals surface area (Å²) in [6.07, 6.45) is -0.417. The van der Waals surface area contributed by atoms with Gasteiger partial charge in [-0.05, 0) is 0 Å². The SMILES string of the molecule is COC(OC)c1cc(N)n[nH]1. The smallest absolute Gasteiger partial charge is 0.200 e. The van der Waals surface area contributed by atoms with E-state index >= 15 is 0 Å². The van der Waals surface area contributed by atoms with Crippen molar-refractivity contribution < 1.29 is 9.47 Å². The summed E-state index contributed by atoms with van der Waals surface area (Å²) >= 11 is 0. The van der Waals surface area contributed by atoms with Crippen molar-refractivity contribution in [2.24, 2.45) is 0 Å². The fourth-order valence-electron chi connectivity index (χ4n) is 0.824. The highest BCUT2D eigenvalue weighted by molar-refractivity contribution is 5.28. The first-order valence-electron chi connectivity index (χ1n) is 3.14. The maximum atomic E-state index is 5.37. The Morgan fingerprint density at radius 2 is 2.18 bits per heavy atom. The van der Waals surface area contributed by atoms with Crippen LogP contribution in [0, 0.1) is 0 Å². The maximum absolute atomic E-state index is 5.37. The highest BCUT2D eigenvalue weighted by Crippen LogP contribution is 2.15. The molecule has 0 spiro atoms. The number of hydrogen-bond acceptors (Lipinski definition) is 4. The summed E-state index contributed by atoms with van der Waals surface area (Å²) in [5, 5.41) is 6.41. The molecule has 1 aromatic rings. The number of hydrogen-bond donors (Lipinski definition) is 2. The number of nitrogens with one attached hydrogen (secondary N) is 1. The van der Waals surface area contributed by atoms with Crippen LogP contribution in [-0.4, -0.2) is 24.4 Å². The Morgan fingerprint density at radius 3 is 2.55 bits per heavy atom. The minimum absolute atomic E-state index is 0.417. The van der Waals surface area contributed by atoms with Crippen molar-refractivity contribution in [1.82, 2.24) is 10.2 Å². The van der Waals surface area contributed by atoms with E-state index in [0.29, 0.717) is 11.5 Å². The first-order chi connectivity index (χ1) is 5.27. The van der Waals surface area contributed by atoms with E-state index < -0.39 is 6.29 Å². The molecule has 0 saturated carbocycles. The molecule has 5 heteroatoms. The summed E-state index contributed by atoms with van der Waals surface area (Å²) in [6, 6.07) is 1.66. The van der Waals surface area contributed by atoms with Crippen LogP contribution in [0.5, 0.6) is 0 Å². The average molecular weight is 157 g/mol. The van der Waals surface area contributed by atoms with Crippen LogP contribution in [0.2, 0.25) is 0 Å². The average Bonchev–Trinajstić information content (AvgIpc) is 2.39. The van der Waals surface area contributed by atoms with Gasteiger partial charge in [-0.2, -0.15) is 5.10 Å². The molecule has 1 aromatic heterocycles. The summed E-state index contributed by atoms with van der Waals surface area (Å²) in [6.45, 7) is 0. The number of aromatic nitrogens is 2. The van der Waals surface area contributed by atoms with Crippen LogP contribution in [0.1, 0.15) is 12.0 Å². The zero-order valence-corrected chi connectivity index (χ0v) is 6.50. The van der Waals surface area contributed by atoms with E-state index in [2.05, 4.69) is 10.2 Å². The van der Waals surface area contributed by atoms with Gasteiger partial charge in [-0.25, -0.2) is 0 Å². The Balaban J connectivity index is 2.73. The van der Waals surface area contributed by atoms with Gasteiger partial charge in [0.2, 0.25) is 0 Å². The molecule has 0 amide bonds. The van der Waals surface area contributed by atoms with Crippen molar-refractivity contribution in [2.45, 2.75) is 6.29 Å². The van der Waals surface area contributed by atoms with Crippen LogP contribution < -0.4 is 5.73 Å². The predicted molar refractivity (Wildman–Crippen MR) is 39.8 cm³/mol. The Labute approximate surface area is 64.5 Å². The van der Waals surface area contributed by atoms with Crippen LogP contribution in [0.4, 0.5) is 5.82 Å².